The maximum atomic E-state index is 11.8. The number of thiazole rings is 1. The Kier molecular flexibility index (Phi) is 3.95. The number of rotatable bonds is 4. The molecule has 3 heterocycles. The van der Waals surface area contributed by atoms with E-state index in [1.807, 2.05) is 41.1 Å². The number of aromatic nitrogens is 3. The SMILES string of the molecule is COC(=O)c1cccn2cc(CSc3nc4ccccc4s3)nc12. The fourth-order valence-corrected chi connectivity index (χ4v) is 4.40. The van der Waals surface area contributed by atoms with Gasteiger partial charge in [0.15, 0.2) is 9.99 Å². The third kappa shape index (κ3) is 2.76. The monoisotopic (exact) mass is 355 g/mol. The molecule has 0 unspecified atom stereocenters. The van der Waals surface area contributed by atoms with Gasteiger partial charge in [-0.15, -0.1) is 11.3 Å². The molecule has 0 radical (unpaired) electrons. The number of carbonyl (C=O) groups is 1. The number of pyridine rings is 1. The molecule has 0 atom stereocenters. The lowest BCUT2D eigenvalue weighted by atomic mass is 10.3. The number of hydrogen-bond acceptors (Lipinski definition) is 6. The van der Waals surface area contributed by atoms with Crippen LogP contribution in [0.2, 0.25) is 0 Å². The summed E-state index contributed by atoms with van der Waals surface area (Å²) in [6.45, 7) is 0. The summed E-state index contributed by atoms with van der Waals surface area (Å²) in [4.78, 5) is 21.0. The van der Waals surface area contributed by atoms with Crippen molar-refractivity contribution in [1.29, 1.82) is 0 Å². The van der Waals surface area contributed by atoms with Crippen LogP contribution in [0.3, 0.4) is 0 Å². The molecule has 0 saturated carbocycles. The highest BCUT2D eigenvalue weighted by molar-refractivity contribution is 8.00. The van der Waals surface area contributed by atoms with E-state index in [-0.39, 0.29) is 5.97 Å². The van der Waals surface area contributed by atoms with Gasteiger partial charge in [0, 0.05) is 18.1 Å². The van der Waals surface area contributed by atoms with Gasteiger partial charge in [-0.25, -0.2) is 14.8 Å². The summed E-state index contributed by atoms with van der Waals surface area (Å²) in [6.07, 6.45) is 3.81. The van der Waals surface area contributed by atoms with Gasteiger partial charge in [-0.05, 0) is 24.3 Å². The third-order valence-corrected chi connectivity index (χ3v) is 5.77. The maximum absolute atomic E-state index is 11.8. The zero-order chi connectivity index (χ0) is 16.5. The van der Waals surface area contributed by atoms with Crippen LogP contribution in [0.25, 0.3) is 15.9 Å². The van der Waals surface area contributed by atoms with Crippen molar-refractivity contribution < 1.29 is 9.53 Å². The number of carbonyl (C=O) groups excluding carboxylic acids is 1. The van der Waals surface area contributed by atoms with Crippen molar-refractivity contribution in [2.75, 3.05) is 7.11 Å². The van der Waals surface area contributed by atoms with Gasteiger partial charge in [0.25, 0.3) is 0 Å². The zero-order valence-corrected chi connectivity index (χ0v) is 14.4. The fourth-order valence-electron chi connectivity index (χ4n) is 2.45. The molecule has 0 N–H and O–H groups in total. The Morgan fingerprint density at radius 3 is 2.96 bits per heavy atom. The molecule has 1 aromatic carbocycles. The Bertz CT molecular complexity index is 1010. The van der Waals surface area contributed by atoms with Gasteiger partial charge in [-0.2, -0.15) is 0 Å². The number of fused-ring (bicyclic) bond motifs is 2. The Labute approximate surface area is 146 Å². The van der Waals surface area contributed by atoms with E-state index in [1.54, 1.807) is 29.2 Å². The predicted octanol–water partition coefficient (Wildman–Crippen LogP) is 4.02. The average molecular weight is 355 g/mol. The molecule has 120 valence electrons. The van der Waals surface area contributed by atoms with Gasteiger partial charge in [0.1, 0.15) is 5.56 Å². The molecule has 0 aliphatic heterocycles. The van der Waals surface area contributed by atoms with E-state index in [9.17, 15) is 4.79 Å². The number of imidazole rings is 1. The molecule has 7 heteroatoms. The van der Waals surface area contributed by atoms with Gasteiger partial charge in [0.2, 0.25) is 0 Å². The van der Waals surface area contributed by atoms with Crippen LogP contribution in [-0.2, 0) is 10.5 Å². The van der Waals surface area contributed by atoms with Crippen molar-refractivity contribution >= 4 is 44.9 Å². The molecule has 0 bridgehead atoms. The topological polar surface area (TPSA) is 56.5 Å². The lowest BCUT2D eigenvalue weighted by Gasteiger charge is -2.00. The third-order valence-electron chi connectivity index (χ3n) is 3.56. The molecule has 0 amide bonds. The lowest BCUT2D eigenvalue weighted by Crippen LogP contribution is -2.03. The number of esters is 1. The molecule has 5 nitrogen and oxygen atoms in total. The molecule has 0 spiro atoms. The Morgan fingerprint density at radius 2 is 2.12 bits per heavy atom. The summed E-state index contributed by atoms with van der Waals surface area (Å²) >= 11 is 3.33. The number of nitrogens with zero attached hydrogens (tertiary/aromatic N) is 3. The number of para-hydroxylation sites is 1. The Morgan fingerprint density at radius 1 is 1.25 bits per heavy atom. The number of methoxy groups -OCH3 is 1. The van der Waals surface area contributed by atoms with Gasteiger partial charge in [-0.1, -0.05) is 23.9 Å². The van der Waals surface area contributed by atoms with Crippen molar-refractivity contribution in [2.24, 2.45) is 0 Å². The highest BCUT2D eigenvalue weighted by Crippen LogP contribution is 2.31. The fraction of sp³-hybridized carbons (Fsp3) is 0.118. The van der Waals surface area contributed by atoms with Crippen LogP contribution in [0.4, 0.5) is 0 Å². The van der Waals surface area contributed by atoms with Crippen LogP contribution >= 0.6 is 23.1 Å². The molecule has 0 aliphatic carbocycles. The van der Waals surface area contributed by atoms with Crippen LogP contribution in [0.1, 0.15) is 16.1 Å². The minimum atomic E-state index is -0.378. The summed E-state index contributed by atoms with van der Waals surface area (Å²) < 4.78 is 8.86. The molecule has 4 aromatic rings. The number of hydrogen-bond donors (Lipinski definition) is 0. The molecule has 24 heavy (non-hydrogen) atoms. The molecule has 3 aromatic heterocycles. The zero-order valence-electron chi connectivity index (χ0n) is 12.8. The van der Waals surface area contributed by atoms with E-state index < -0.39 is 0 Å². The molecular formula is C17H13N3O2S2. The molecule has 0 aliphatic rings. The predicted molar refractivity (Wildman–Crippen MR) is 95.7 cm³/mol. The molecule has 0 saturated heterocycles. The standard InChI is InChI=1S/C17H13N3O2S2/c1-22-16(21)12-5-4-8-20-9-11(18-15(12)20)10-23-17-19-13-6-2-3-7-14(13)24-17/h2-9H,10H2,1H3. The smallest absolute Gasteiger partial charge is 0.341 e. The molecular weight excluding hydrogens is 342 g/mol. The summed E-state index contributed by atoms with van der Waals surface area (Å²) in [5.41, 5.74) is 3.00. The van der Waals surface area contributed by atoms with Crippen LogP contribution in [-0.4, -0.2) is 27.4 Å². The first-order valence-corrected chi connectivity index (χ1v) is 9.08. The summed E-state index contributed by atoms with van der Waals surface area (Å²) in [5.74, 6) is 0.318. The first kappa shape index (κ1) is 15.2. The summed E-state index contributed by atoms with van der Waals surface area (Å²) in [7, 11) is 1.37. The normalized spacial score (nSPS) is 11.2. The van der Waals surface area contributed by atoms with E-state index in [1.165, 1.54) is 11.8 Å². The summed E-state index contributed by atoms with van der Waals surface area (Å²) in [6, 6.07) is 11.6. The quantitative estimate of drug-likeness (QED) is 0.409. The first-order valence-electron chi connectivity index (χ1n) is 7.28. The highest BCUT2D eigenvalue weighted by Gasteiger charge is 2.14. The second-order valence-electron chi connectivity index (χ2n) is 5.11. The van der Waals surface area contributed by atoms with E-state index in [0.717, 1.165) is 15.6 Å². The minimum Gasteiger partial charge on any atom is -0.465 e. The molecule has 0 fully saturated rings. The largest absolute Gasteiger partial charge is 0.465 e. The second-order valence-corrected chi connectivity index (χ2v) is 7.37. The van der Waals surface area contributed by atoms with Crippen LogP contribution in [0, 0.1) is 0 Å². The van der Waals surface area contributed by atoms with Gasteiger partial charge in [0.05, 0.1) is 23.0 Å². The highest BCUT2D eigenvalue weighted by atomic mass is 32.2. The van der Waals surface area contributed by atoms with Crippen molar-refractivity contribution in [3.8, 4) is 0 Å². The second kappa shape index (κ2) is 6.26. The average Bonchev–Trinajstić information content (AvgIpc) is 3.21. The number of benzene rings is 1. The first-order chi connectivity index (χ1) is 11.7. The Balaban J connectivity index is 1.59. The van der Waals surface area contributed by atoms with E-state index in [4.69, 9.17) is 4.74 Å². The van der Waals surface area contributed by atoms with Crippen molar-refractivity contribution in [2.45, 2.75) is 10.1 Å². The van der Waals surface area contributed by atoms with E-state index in [2.05, 4.69) is 16.0 Å². The van der Waals surface area contributed by atoms with Crippen molar-refractivity contribution in [1.82, 2.24) is 14.4 Å². The maximum Gasteiger partial charge on any atom is 0.341 e. The number of thioether (sulfide) groups is 1. The minimum absolute atomic E-state index is 0.378. The molecule has 4 rings (SSSR count). The van der Waals surface area contributed by atoms with Crippen molar-refractivity contribution in [3.63, 3.8) is 0 Å². The summed E-state index contributed by atoms with van der Waals surface area (Å²) in [5, 5.41) is 0. The van der Waals surface area contributed by atoms with E-state index in [0.29, 0.717) is 17.0 Å². The van der Waals surface area contributed by atoms with Gasteiger partial charge >= 0.3 is 5.97 Å². The Hall–Kier alpha value is -2.38. The van der Waals surface area contributed by atoms with Crippen LogP contribution in [0.5, 0.6) is 0 Å². The van der Waals surface area contributed by atoms with Gasteiger partial charge < -0.3 is 9.14 Å². The van der Waals surface area contributed by atoms with Crippen LogP contribution in [0.15, 0.2) is 53.1 Å². The number of ether oxygens (including phenoxy) is 1. The van der Waals surface area contributed by atoms with Crippen molar-refractivity contribution in [3.05, 3.63) is 60.0 Å². The lowest BCUT2D eigenvalue weighted by molar-refractivity contribution is 0.0602. The van der Waals surface area contributed by atoms with Gasteiger partial charge in [-0.3, -0.25) is 0 Å². The van der Waals surface area contributed by atoms with Crippen LogP contribution < -0.4 is 0 Å². The van der Waals surface area contributed by atoms with E-state index >= 15 is 0 Å².